The van der Waals surface area contributed by atoms with Gasteiger partial charge in [0, 0.05) is 5.92 Å². The van der Waals surface area contributed by atoms with Crippen LogP contribution in [-0.2, 0) is 12.8 Å². The second-order valence-electron chi connectivity index (χ2n) is 11.3. The van der Waals surface area contributed by atoms with E-state index in [0.29, 0.717) is 11.8 Å². The quantitative estimate of drug-likeness (QED) is 0.204. The Balaban J connectivity index is 1.28. The molecule has 0 heteroatoms. The molecule has 0 spiro atoms. The highest BCUT2D eigenvalue weighted by Gasteiger charge is 2.32. The second kappa shape index (κ2) is 11.4. The van der Waals surface area contributed by atoms with Gasteiger partial charge >= 0.3 is 0 Å². The Kier molecular flexibility index (Phi) is 7.34. The molecule has 4 aromatic carbocycles. The van der Waals surface area contributed by atoms with Crippen LogP contribution in [0.2, 0.25) is 0 Å². The van der Waals surface area contributed by atoms with Gasteiger partial charge in [-0.15, -0.1) is 0 Å². The predicted octanol–water partition coefficient (Wildman–Crippen LogP) is 10.2. The van der Waals surface area contributed by atoms with E-state index >= 15 is 0 Å². The van der Waals surface area contributed by atoms with Crippen LogP contribution in [0.5, 0.6) is 0 Å². The monoisotopic (exact) mass is 516 g/mol. The van der Waals surface area contributed by atoms with Crippen molar-refractivity contribution in [2.75, 3.05) is 0 Å². The third-order valence-electron chi connectivity index (χ3n) is 8.26. The summed E-state index contributed by atoms with van der Waals surface area (Å²) < 4.78 is 0. The van der Waals surface area contributed by atoms with Crippen molar-refractivity contribution < 1.29 is 0 Å². The van der Waals surface area contributed by atoms with Gasteiger partial charge in [-0.05, 0) is 88.3 Å². The number of hydrogen-bond acceptors (Lipinski definition) is 0. The first-order valence-corrected chi connectivity index (χ1v) is 14.3. The van der Waals surface area contributed by atoms with Crippen molar-refractivity contribution in [1.29, 1.82) is 0 Å². The summed E-state index contributed by atoms with van der Waals surface area (Å²) >= 11 is 0. The molecule has 4 aromatic rings. The van der Waals surface area contributed by atoms with Crippen LogP contribution in [0.15, 0.2) is 152 Å². The van der Waals surface area contributed by atoms with E-state index in [2.05, 4.69) is 148 Å². The lowest BCUT2D eigenvalue weighted by Crippen LogP contribution is -2.09. The largest absolute Gasteiger partial charge is 0.0989 e. The minimum atomic E-state index is 0.351. The number of hydrogen-bond donors (Lipinski definition) is 0. The molecule has 2 unspecified atom stereocenters. The summed E-state index contributed by atoms with van der Waals surface area (Å²) in [4.78, 5) is 0. The summed E-state index contributed by atoms with van der Waals surface area (Å²) in [5, 5.41) is 0. The fourth-order valence-electron chi connectivity index (χ4n) is 6.19. The van der Waals surface area contributed by atoms with Gasteiger partial charge in [-0.3, -0.25) is 0 Å². The van der Waals surface area contributed by atoms with Crippen molar-refractivity contribution in [2.45, 2.75) is 26.2 Å². The smallest absolute Gasteiger partial charge is 0.0101 e. The molecule has 2 atom stereocenters. The number of fused-ring (bicyclic) bond motifs is 1. The predicted molar refractivity (Wildman–Crippen MR) is 172 cm³/mol. The molecule has 2 aliphatic rings. The molecule has 6 rings (SSSR count). The lowest BCUT2D eigenvalue weighted by atomic mass is 9.79. The lowest BCUT2D eigenvalue weighted by Gasteiger charge is -2.24. The first-order valence-electron chi connectivity index (χ1n) is 14.3. The van der Waals surface area contributed by atoms with Gasteiger partial charge in [0.2, 0.25) is 0 Å². The standard InChI is InChI=1S/C40H36/c1-28(2)35-22-31(21-32(23-35)20-30-13-7-4-8-14-30)19-29(3)36-24-38-25-37(33-15-9-5-10-16-33)27-39(40(38)26-36)34-17-11-6-12-18-34/h4-18,21-25,27,36,40H,1,3,19-20,26H2,2H3. The van der Waals surface area contributed by atoms with Gasteiger partial charge in [-0.25, -0.2) is 0 Å². The summed E-state index contributed by atoms with van der Waals surface area (Å²) in [5.74, 6) is 0.747. The molecule has 0 saturated heterocycles. The fourth-order valence-corrected chi connectivity index (χ4v) is 6.19. The molecular weight excluding hydrogens is 480 g/mol. The number of benzene rings is 4. The van der Waals surface area contributed by atoms with Crippen molar-refractivity contribution >= 4 is 16.7 Å². The van der Waals surface area contributed by atoms with E-state index in [4.69, 9.17) is 0 Å². The Morgan fingerprint density at radius 2 is 1.32 bits per heavy atom. The van der Waals surface area contributed by atoms with Crippen molar-refractivity contribution in [2.24, 2.45) is 11.8 Å². The average molecular weight is 517 g/mol. The maximum atomic E-state index is 4.65. The molecule has 0 amide bonds. The van der Waals surface area contributed by atoms with Gasteiger partial charge in [0.05, 0.1) is 0 Å². The summed E-state index contributed by atoms with van der Waals surface area (Å²) in [5.41, 5.74) is 14.3. The molecule has 40 heavy (non-hydrogen) atoms. The highest BCUT2D eigenvalue weighted by atomic mass is 14.4. The third kappa shape index (κ3) is 5.63. The molecule has 0 heterocycles. The van der Waals surface area contributed by atoms with E-state index in [9.17, 15) is 0 Å². The van der Waals surface area contributed by atoms with Crippen molar-refractivity contribution in [1.82, 2.24) is 0 Å². The van der Waals surface area contributed by atoms with Crippen LogP contribution < -0.4 is 0 Å². The van der Waals surface area contributed by atoms with Crippen LogP contribution in [0.25, 0.3) is 16.7 Å². The van der Waals surface area contributed by atoms with E-state index in [1.165, 1.54) is 55.7 Å². The topological polar surface area (TPSA) is 0 Å². The van der Waals surface area contributed by atoms with E-state index in [1.54, 1.807) is 0 Å². The highest BCUT2D eigenvalue weighted by molar-refractivity contribution is 5.90. The van der Waals surface area contributed by atoms with Gasteiger partial charge < -0.3 is 0 Å². The normalized spacial score (nSPS) is 17.9. The lowest BCUT2D eigenvalue weighted by molar-refractivity contribution is 0.642. The van der Waals surface area contributed by atoms with Crippen molar-refractivity contribution in [3.63, 3.8) is 0 Å². The van der Waals surface area contributed by atoms with Gasteiger partial charge in [-0.1, -0.05) is 146 Å². The fraction of sp³-hybridized carbons (Fsp3) is 0.150. The molecule has 0 saturated carbocycles. The van der Waals surface area contributed by atoms with Gasteiger partial charge in [0.25, 0.3) is 0 Å². The van der Waals surface area contributed by atoms with E-state index in [0.717, 1.165) is 24.8 Å². The van der Waals surface area contributed by atoms with Gasteiger partial charge in [0.15, 0.2) is 0 Å². The van der Waals surface area contributed by atoms with Crippen LogP contribution in [-0.4, -0.2) is 0 Å². The zero-order chi connectivity index (χ0) is 27.5. The second-order valence-corrected chi connectivity index (χ2v) is 11.3. The molecule has 2 aliphatic carbocycles. The first kappa shape index (κ1) is 25.8. The number of allylic oxidation sites excluding steroid dienone is 8. The maximum absolute atomic E-state index is 4.65. The Bertz CT molecular complexity index is 1630. The van der Waals surface area contributed by atoms with Crippen molar-refractivity contribution in [3.05, 3.63) is 185 Å². The summed E-state index contributed by atoms with van der Waals surface area (Å²) in [7, 11) is 0. The van der Waals surface area contributed by atoms with Crippen LogP contribution in [0.4, 0.5) is 0 Å². The molecule has 0 radical (unpaired) electrons. The zero-order valence-electron chi connectivity index (χ0n) is 23.3. The maximum Gasteiger partial charge on any atom is 0.0101 e. The van der Waals surface area contributed by atoms with E-state index < -0.39 is 0 Å². The highest BCUT2D eigenvalue weighted by Crippen LogP contribution is 2.47. The Morgan fingerprint density at radius 3 is 2.00 bits per heavy atom. The summed E-state index contributed by atoms with van der Waals surface area (Å²) in [6.45, 7) is 11.0. The molecule has 0 fully saturated rings. The zero-order valence-corrected chi connectivity index (χ0v) is 23.3. The average Bonchev–Trinajstić information content (AvgIpc) is 3.43. The van der Waals surface area contributed by atoms with Crippen LogP contribution in [0.3, 0.4) is 0 Å². The third-order valence-corrected chi connectivity index (χ3v) is 8.26. The molecule has 0 N–H and O–H groups in total. The van der Waals surface area contributed by atoms with Gasteiger partial charge in [0.1, 0.15) is 0 Å². The summed E-state index contributed by atoms with van der Waals surface area (Å²) in [6, 6.07) is 39.3. The number of rotatable bonds is 8. The van der Waals surface area contributed by atoms with E-state index in [-0.39, 0.29) is 0 Å². The minimum absolute atomic E-state index is 0.351. The minimum Gasteiger partial charge on any atom is -0.0989 e. The molecule has 0 aromatic heterocycles. The van der Waals surface area contributed by atoms with E-state index in [1.807, 2.05) is 0 Å². The van der Waals surface area contributed by atoms with Crippen LogP contribution in [0, 0.1) is 11.8 Å². The Hall–Kier alpha value is -4.42. The molecule has 196 valence electrons. The Labute approximate surface area is 239 Å². The molecule has 0 aliphatic heterocycles. The molecular formula is C40H36. The Morgan fingerprint density at radius 1 is 0.700 bits per heavy atom. The molecule has 0 bridgehead atoms. The van der Waals surface area contributed by atoms with Crippen LogP contribution >= 0.6 is 0 Å². The molecule has 0 nitrogen and oxygen atoms in total. The van der Waals surface area contributed by atoms with Gasteiger partial charge in [-0.2, -0.15) is 0 Å². The SMILES string of the molecule is C=C(C)c1cc(CC(=C)C2C=C3C=C(c4ccccc4)C=C(c4ccccc4)C3C2)cc(Cc2ccccc2)c1. The first-order chi connectivity index (χ1) is 19.5. The summed E-state index contributed by atoms with van der Waals surface area (Å²) in [6.07, 6.45) is 10.2. The van der Waals surface area contributed by atoms with Crippen LogP contribution in [0.1, 0.15) is 46.7 Å². The van der Waals surface area contributed by atoms with Crippen molar-refractivity contribution in [3.8, 4) is 0 Å².